The molecular formula is C21H21N9. The van der Waals surface area contributed by atoms with Gasteiger partial charge in [0, 0.05) is 35.8 Å². The van der Waals surface area contributed by atoms with Gasteiger partial charge in [0.25, 0.3) is 0 Å². The number of H-pyrrole nitrogens is 1. The number of nitrogens with one attached hydrogen (secondary N) is 2. The van der Waals surface area contributed by atoms with Crippen molar-refractivity contribution in [3.05, 3.63) is 71.7 Å². The Morgan fingerprint density at radius 2 is 2.00 bits per heavy atom. The highest BCUT2D eigenvalue weighted by atomic mass is 15.5. The second-order valence-corrected chi connectivity index (χ2v) is 7.08. The van der Waals surface area contributed by atoms with E-state index in [2.05, 4.69) is 73.3 Å². The van der Waals surface area contributed by atoms with E-state index in [0.717, 1.165) is 40.5 Å². The third-order valence-corrected chi connectivity index (χ3v) is 5.09. The normalized spacial score (nSPS) is 11.3. The monoisotopic (exact) mass is 399 g/mol. The quantitative estimate of drug-likeness (QED) is 0.455. The predicted octanol–water partition coefficient (Wildman–Crippen LogP) is 3.18. The molecule has 0 atom stereocenters. The fraction of sp³-hybridized carbons (Fsp3) is 0.190. The fourth-order valence-corrected chi connectivity index (χ4v) is 3.46. The van der Waals surface area contributed by atoms with Crippen LogP contribution in [0.3, 0.4) is 0 Å². The molecule has 0 bridgehead atoms. The van der Waals surface area contributed by atoms with Gasteiger partial charge in [-0.3, -0.25) is 0 Å². The third kappa shape index (κ3) is 3.20. The summed E-state index contributed by atoms with van der Waals surface area (Å²) in [6.45, 7) is 4.82. The molecule has 0 aliphatic heterocycles. The van der Waals surface area contributed by atoms with Crippen molar-refractivity contribution in [2.75, 3.05) is 5.32 Å². The van der Waals surface area contributed by atoms with Gasteiger partial charge in [-0.2, -0.15) is 9.61 Å². The minimum atomic E-state index is 0.633. The number of hydrogen-bond acceptors (Lipinski definition) is 6. The molecule has 4 heterocycles. The number of tetrazole rings is 1. The Balaban J connectivity index is 1.37. The van der Waals surface area contributed by atoms with Crippen LogP contribution in [0, 0.1) is 6.92 Å². The Bertz CT molecular complexity index is 1280. The summed E-state index contributed by atoms with van der Waals surface area (Å²) in [4.78, 5) is 4.68. The molecule has 2 N–H and O–H groups in total. The maximum Gasteiger partial charge on any atom is 0.196 e. The average Bonchev–Trinajstić information content (AvgIpc) is 3.53. The number of benzene rings is 1. The van der Waals surface area contributed by atoms with Crippen LogP contribution < -0.4 is 5.32 Å². The zero-order valence-electron chi connectivity index (χ0n) is 16.7. The summed E-state index contributed by atoms with van der Waals surface area (Å²) >= 11 is 0. The zero-order valence-corrected chi connectivity index (χ0v) is 16.7. The average molecular weight is 399 g/mol. The summed E-state index contributed by atoms with van der Waals surface area (Å²) in [5, 5.41) is 22.1. The summed E-state index contributed by atoms with van der Waals surface area (Å²) in [6, 6.07) is 14.4. The Hall–Kier alpha value is -4.01. The Labute approximate surface area is 172 Å². The van der Waals surface area contributed by atoms with Crippen molar-refractivity contribution in [1.29, 1.82) is 0 Å². The number of aryl methyl sites for hydroxylation is 2. The molecule has 30 heavy (non-hydrogen) atoms. The van der Waals surface area contributed by atoms with Crippen molar-refractivity contribution < 1.29 is 0 Å². The second-order valence-electron chi connectivity index (χ2n) is 7.08. The van der Waals surface area contributed by atoms with E-state index >= 15 is 0 Å². The zero-order chi connectivity index (χ0) is 20.5. The molecule has 0 amide bonds. The molecular weight excluding hydrogens is 378 g/mol. The first-order valence-corrected chi connectivity index (χ1v) is 9.82. The minimum absolute atomic E-state index is 0.633. The van der Waals surface area contributed by atoms with Crippen LogP contribution in [0.15, 0.2) is 54.9 Å². The summed E-state index contributed by atoms with van der Waals surface area (Å²) in [7, 11) is 0. The van der Waals surface area contributed by atoms with Crippen molar-refractivity contribution >= 4 is 11.5 Å². The number of rotatable bonds is 6. The summed E-state index contributed by atoms with van der Waals surface area (Å²) in [5.41, 5.74) is 6.13. The van der Waals surface area contributed by atoms with Gasteiger partial charge in [-0.05, 0) is 53.6 Å². The van der Waals surface area contributed by atoms with E-state index in [1.165, 1.54) is 5.56 Å². The molecule has 0 saturated heterocycles. The van der Waals surface area contributed by atoms with Crippen molar-refractivity contribution in [1.82, 2.24) is 39.8 Å². The Morgan fingerprint density at radius 3 is 2.77 bits per heavy atom. The lowest BCUT2D eigenvalue weighted by Crippen LogP contribution is -2.07. The van der Waals surface area contributed by atoms with Crippen LogP contribution in [0.4, 0.5) is 5.82 Å². The van der Waals surface area contributed by atoms with Crippen molar-refractivity contribution in [2.24, 2.45) is 0 Å². The molecule has 0 aliphatic rings. The smallest absolute Gasteiger partial charge is 0.196 e. The number of hydrogen-bond donors (Lipinski definition) is 2. The van der Waals surface area contributed by atoms with E-state index in [9.17, 15) is 0 Å². The summed E-state index contributed by atoms with van der Waals surface area (Å²) < 4.78 is 3.91. The molecule has 9 nitrogen and oxygen atoms in total. The summed E-state index contributed by atoms with van der Waals surface area (Å²) in [6.07, 6.45) is 4.72. The fourth-order valence-electron chi connectivity index (χ4n) is 3.46. The lowest BCUT2D eigenvalue weighted by atomic mass is 10.2. The van der Waals surface area contributed by atoms with E-state index in [1.54, 1.807) is 0 Å². The van der Waals surface area contributed by atoms with Gasteiger partial charge >= 0.3 is 0 Å². The maximum absolute atomic E-state index is 4.68. The van der Waals surface area contributed by atoms with Crippen molar-refractivity contribution in [3.8, 4) is 17.2 Å². The topological polar surface area (TPSA) is 102 Å². The molecule has 0 saturated carbocycles. The number of nitrogens with zero attached hydrogens (tertiary/aromatic N) is 7. The molecule has 4 aromatic heterocycles. The number of fused-ring (bicyclic) bond motifs is 1. The van der Waals surface area contributed by atoms with Gasteiger partial charge in [0.15, 0.2) is 11.5 Å². The first kappa shape index (κ1) is 18.0. The molecule has 0 fully saturated rings. The van der Waals surface area contributed by atoms with Gasteiger partial charge in [-0.25, -0.2) is 10.1 Å². The van der Waals surface area contributed by atoms with Crippen molar-refractivity contribution in [2.45, 2.75) is 26.8 Å². The standard InChI is InChI=1S/C21H21N9/c1-3-16-11-19(30-21(24-16)14(2)12-23-30)22-13-15-6-8-17(9-7-15)29-10-4-5-18(29)20-25-27-28-26-20/h4-12,22H,3,13H2,1-2H3,(H,25,26,27,28). The lowest BCUT2D eigenvalue weighted by Gasteiger charge is -2.12. The minimum Gasteiger partial charge on any atom is -0.366 e. The Kier molecular flexibility index (Phi) is 4.47. The van der Waals surface area contributed by atoms with E-state index in [0.29, 0.717) is 12.4 Å². The summed E-state index contributed by atoms with van der Waals surface area (Å²) in [5.74, 6) is 1.58. The van der Waals surface area contributed by atoms with Crippen LogP contribution >= 0.6 is 0 Å². The van der Waals surface area contributed by atoms with Gasteiger partial charge < -0.3 is 9.88 Å². The van der Waals surface area contributed by atoms with Gasteiger partial charge in [-0.15, -0.1) is 5.10 Å². The van der Waals surface area contributed by atoms with Crippen molar-refractivity contribution in [3.63, 3.8) is 0 Å². The van der Waals surface area contributed by atoms with Crippen LogP contribution in [0.25, 0.3) is 22.9 Å². The highest BCUT2D eigenvalue weighted by Gasteiger charge is 2.10. The largest absolute Gasteiger partial charge is 0.366 e. The first-order valence-electron chi connectivity index (χ1n) is 9.82. The highest BCUT2D eigenvalue weighted by molar-refractivity contribution is 5.56. The van der Waals surface area contributed by atoms with Crippen LogP contribution in [0.2, 0.25) is 0 Å². The second kappa shape index (κ2) is 7.43. The number of aromatic nitrogens is 8. The van der Waals surface area contributed by atoms with Gasteiger partial charge in [-0.1, -0.05) is 19.1 Å². The van der Waals surface area contributed by atoms with Gasteiger partial charge in [0.05, 0.1) is 11.9 Å². The van der Waals surface area contributed by atoms with Crippen LogP contribution in [0.1, 0.15) is 23.7 Å². The molecule has 0 aliphatic carbocycles. The first-order chi connectivity index (χ1) is 14.7. The number of aromatic amines is 1. The molecule has 5 aromatic rings. The molecule has 5 rings (SSSR count). The number of anilines is 1. The van der Waals surface area contributed by atoms with Crippen LogP contribution in [-0.2, 0) is 13.0 Å². The molecule has 0 radical (unpaired) electrons. The highest BCUT2D eigenvalue weighted by Crippen LogP contribution is 2.21. The molecule has 0 unspecified atom stereocenters. The van der Waals surface area contributed by atoms with Gasteiger partial charge in [0.1, 0.15) is 5.82 Å². The van der Waals surface area contributed by atoms with E-state index in [1.807, 2.05) is 40.5 Å². The predicted molar refractivity (Wildman–Crippen MR) is 113 cm³/mol. The lowest BCUT2D eigenvalue weighted by molar-refractivity contribution is 0.881. The van der Waals surface area contributed by atoms with E-state index in [4.69, 9.17) is 0 Å². The maximum atomic E-state index is 4.68. The molecule has 9 heteroatoms. The molecule has 0 spiro atoms. The molecule has 150 valence electrons. The third-order valence-electron chi connectivity index (χ3n) is 5.09. The van der Waals surface area contributed by atoms with Gasteiger partial charge in [0.2, 0.25) is 0 Å². The van der Waals surface area contributed by atoms with E-state index < -0.39 is 0 Å². The SMILES string of the molecule is CCc1cc(NCc2ccc(-n3cccc3-c3nnn[nH]3)cc2)n2ncc(C)c2n1. The van der Waals surface area contributed by atoms with Crippen LogP contribution in [0.5, 0.6) is 0 Å². The van der Waals surface area contributed by atoms with Crippen LogP contribution in [-0.4, -0.2) is 39.8 Å². The molecule has 1 aromatic carbocycles. The Morgan fingerprint density at radius 1 is 1.13 bits per heavy atom. The van der Waals surface area contributed by atoms with E-state index in [-0.39, 0.29) is 0 Å².